The van der Waals surface area contributed by atoms with Crippen molar-refractivity contribution in [3.63, 3.8) is 0 Å². The van der Waals surface area contributed by atoms with Gasteiger partial charge in [-0.25, -0.2) is 4.90 Å². The van der Waals surface area contributed by atoms with Gasteiger partial charge in [-0.1, -0.05) is 60.7 Å². The zero-order valence-corrected chi connectivity index (χ0v) is 17.6. The Morgan fingerprint density at radius 1 is 0.806 bits per heavy atom. The van der Waals surface area contributed by atoms with E-state index in [0.717, 1.165) is 5.56 Å². The van der Waals surface area contributed by atoms with Gasteiger partial charge < -0.3 is 9.64 Å². The molecule has 3 aromatic rings. The van der Waals surface area contributed by atoms with Gasteiger partial charge in [-0.2, -0.15) is 0 Å². The van der Waals surface area contributed by atoms with Crippen molar-refractivity contribution < 1.29 is 14.3 Å². The molecule has 0 spiro atoms. The van der Waals surface area contributed by atoms with Crippen LogP contribution in [0.3, 0.4) is 0 Å². The van der Waals surface area contributed by atoms with Gasteiger partial charge in [-0.15, -0.1) is 0 Å². The van der Waals surface area contributed by atoms with E-state index in [1.165, 1.54) is 4.90 Å². The number of hydrogen-bond donors (Lipinski definition) is 0. The third-order valence-electron chi connectivity index (χ3n) is 5.37. The summed E-state index contributed by atoms with van der Waals surface area (Å²) in [5.74, 6) is 0.0712. The highest BCUT2D eigenvalue weighted by Gasteiger charge is 2.42. The fourth-order valence-corrected chi connectivity index (χ4v) is 3.79. The van der Waals surface area contributed by atoms with E-state index in [1.54, 1.807) is 31.4 Å². The fraction of sp³-hybridized carbons (Fsp3) is 0.154. The molecule has 3 aromatic carbocycles. The molecule has 2 amide bonds. The molecule has 5 nitrogen and oxygen atoms in total. The number of nitrogens with zero attached hydrogens (tertiary/aromatic N) is 2. The number of ether oxygens (including phenoxy) is 1. The lowest BCUT2D eigenvalue weighted by molar-refractivity contribution is -0.120. The van der Waals surface area contributed by atoms with Crippen LogP contribution in [0.25, 0.3) is 5.57 Å². The second kappa shape index (κ2) is 8.88. The highest BCUT2D eigenvalue weighted by atomic mass is 16.5. The maximum atomic E-state index is 13.6. The molecule has 5 heteroatoms. The average Bonchev–Trinajstić information content (AvgIpc) is 3.08. The predicted molar refractivity (Wildman–Crippen MR) is 121 cm³/mol. The summed E-state index contributed by atoms with van der Waals surface area (Å²) in [5, 5.41) is 0. The normalized spacial score (nSPS) is 13.7. The van der Waals surface area contributed by atoms with Gasteiger partial charge in [0.05, 0.1) is 18.4 Å². The Morgan fingerprint density at radius 3 is 2.00 bits per heavy atom. The van der Waals surface area contributed by atoms with E-state index in [-0.39, 0.29) is 11.8 Å². The van der Waals surface area contributed by atoms with Crippen LogP contribution in [0.1, 0.15) is 18.1 Å². The minimum atomic E-state index is -0.317. The van der Waals surface area contributed by atoms with Crippen molar-refractivity contribution in [3.8, 4) is 5.75 Å². The Kier molecular flexibility index (Phi) is 5.85. The van der Waals surface area contributed by atoms with Gasteiger partial charge in [0, 0.05) is 13.1 Å². The Hall–Kier alpha value is -3.86. The number of likely N-dealkylation sites (N-methyl/N-ethyl adjacent to an activating group) is 1. The molecule has 0 aliphatic carbocycles. The summed E-state index contributed by atoms with van der Waals surface area (Å²) in [7, 11) is 1.60. The fourth-order valence-electron chi connectivity index (χ4n) is 3.79. The van der Waals surface area contributed by atoms with Crippen molar-refractivity contribution >= 4 is 23.1 Å². The van der Waals surface area contributed by atoms with E-state index in [9.17, 15) is 9.59 Å². The SMILES string of the molecule is CCN(Cc1ccccc1)C1=C(c2ccc(OC)cc2)C(=O)N(c2ccccc2)C1=O. The molecule has 4 rings (SSSR count). The number of para-hydroxylation sites is 1. The number of carbonyl (C=O) groups excluding carboxylic acids is 2. The molecule has 156 valence electrons. The van der Waals surface area contributed by atoms with E-state index < -0.39 is 0 Å². The molecule has 0 atom stereocenters. The van der Waals surface area contributed by atoms with E-state index in [2.05, 4.69) is 0 Å². The zero-order valence-electron chi connectivity index (χ0n) is 17.6. The molecule has 1 heterocycles. The van der Waals surface area contributed by atoms with Gasteiger partial charge in [0.1, 0.15) is 11.4 Å². The first kappa shape index (κ1) is 20.4. The summed E-state index contributed by atoms with van der Waals surface area (Å²) in [6.45, 7) is 3.12. The summed E-state index contributed by atoms with van der Waals surface area (Å²) in [6, 6.07) is 26.3. The Balaban J connectivity index is 1.82. The summed E-state index contributed by atoms with van der Waals surface area (Å²) in [6.07, 6.45) is 0. The minimum Gasteiger partial charge on any atom is -0.497 e. The van der Waals surface area contributed by atoms with Gasteiger partial charge in [0.15, 0.2) is 0 Å². The minimum absolute atomic E-state index is 0.306. The lowest BCUT2D eigenvalue weighted by atomic mass is 10.0. The molecule has 1 aliphatic heterocycles. The number of methoxy groups -OCH3 is 1. The number of benzene rings is 3. The van der Waals surface area contributed by atoms with Gasteiger partial charge in [0.25, 0.3) is 11.8 Å². The van der Waals surface area contributed by atoms with Crippen molar-refractivity contribution in [1.82, 2.24) is 4.90 Å². The molecule has 0 aromatic heterocycles. The van der Waals surface area contributed by atoms with Gasteiger partial charge in [-0.05, 0) is 42.3 Å². The van der Waals surface area contributed by atoms with Gasteiger partial charge >= 0.3 is 0 Å². The van der Waals surface area contributed by atoms with Crippen LogP contribution in [-0.2, 0) is 16.1 Å². The first-order chi connectivity index (χ1) is 15.1. The lowest BCUT2D eigenvalue weighted by Gasteiger charge is -2.25. The maximum Gasteiger partial charge on any atom is 0.282 e. The van der Waals surface area contributed by atoms with E-state index in [0.29, 0.717) is 41.4 Å². The molecule has 0 radical (unpaired) electrons. The molecule has 0 bridgehead atoms. The second-order valence-electron chi connectivity index (χ2n) is 7.23. The van der Waals surface area contributed by atoms with Crippen LogP contribution in [-0.4, -0.2) is 30.4 Å². The van der Waals surface area contributed by atoms with Gasteiger partial charge in [-0.3, -0.25) is 9.59 Å². The van der Waals surface area contributed by atoms with Crippen LogP contribution in [0.15, 0.2) is 90.6 Å². The van der Waals surface area contributed by atoms with Gasteiger partial charge in [0.2, 0.25) is 0 Å². The Labute approximate surface area is 182 Å². The number of amides is 2. The summed E-state index contributed by atoms with van der Waals surface area (Å²) in [4.78, 5) is 30.4. The highest BCUT2D eigenvalue weighted by Crippen LogP contribution is 2.35. The van der Waals surface area contributed by atoms with Crippen molar-refractivity contribution in [2.45, 2.75) is 13.5 Å². The first-order valence-electron chi connectivity index (χ1n) is 10.3. The molecular weight excluding hydrogens is 388 g/mol. The maximum absolute atomic E-state index is 13.6. The van der Waals surface area contributed by atoms with Crippen molar-refractivity contribution in [1.29, 1.82) is 0 Å². The zero-order chi connectivity index (χ0) is 21.8. The monoisotopic (exact) mass is 412 g/mol. The molecule has 31 heavy (non-hydrogen) atoms. The third kappa shape index (κ3) is 3.94. The lowest BCUT2D eigenvalue weighted by Crippen LogP contribution is -2.35. The van der Waals surface area contributed by atoms with E-state index >= 15 is 0 Å². The van der Waals surface area contributed by atoms with E-state index in [1.807, 2.05) is 72.5 Å². The number of carbonyl (C=O) groups is 2. The van der Waals surface area contributed by atoms with Crippen molar-refractivity contribution in [2.75, 3.05) is 18.6 Å². The molecule has 0 fully saturated rings. The van der Waals surface area contributed by atoms with Crippen LogP contribution in [0.5, 0.6) is 5.75 Å². The highest BCUT2D eigenvalue weighted by molar-refractivity contribution is 6.45. The summed E-state index contributed by atoms with van der Waals surface area (Å²) >= 11 is 0. The number of rotatable bonds is 7. The Morgan fingerprint density at radius 2 is 1.42 bits per heavy atom. The standard InChI is InChI=1S/C26H24N2O3/c1-3-27(18-19-10-6-4-7-11-19)24-23(20-14-16-22(31-2)17-15-20)25(29)28(26(24)30)21-12-8-5-9-13-21/h4-17H,3,18H2,1-2H3. The summed E-state index contributed by atoms with van der Waals surface area (Å²) < 4.78 is 5.26. The van der Waals surface area contributed by atoms with E-state index in [4.69, 9.17) is 4.74 Å². The van der Waals surface area contributed by atoms with Crippen LogP contribution < -0.4 is 9.64 Å². The molecule has 0 saturated carbocycles. The number of imide groups is 1. The number of anilines is 1. The first-order valence-corrected chi connectivity index (χ1v) is 10.3. The van der Waals surface area contributed by atoms with Crippen LogP contribution in [0.4, 0.5) is 5.69 Å². The molecule has 0 unspecified atom stereocenters. The predicted octanol–water partition coefficient (Wildman–Crippen LogP) is 4.50. The quantitative estimate of drug-likeness (QED) is 0.536. The van der Waals surface area contributed by atoms with Crippen LogP contribution >= 0.6 is 0 Å². The van der Waals surface area contributed by atoms with Crippen LogP contribution in [0, 0.1) is 0 Å². The molecular formula is C26H24N2O3. The van der Waals surface area contributed by atoms with Crippen LogP contribution in [0.2, 0.25) is 0 Å². The number of hydrogen-bond acceptors (Lipinski definition) is 4. The third-order valence-corrected chi connectivity index (χ3v) is 5.37. The second-order valence-corrected chi connectivity index (χ2v) is 7.23. The van der Waals surface area contributed by atoms with Crippen molar-refractivity contribution in [3.05, 3.63) is 102 Å². The topological polar surface area (TPSA) is 49.9 Å². The summed E-state index contributed by atoms with van der Waals surface area (Å²) in [5.41, 5.74) is 3.16. The largest absolute Gasteiger partial charge is 0.497 e. The smallest absolute Gasteiger partial charge is 0.282 e. The average molecular weight is 412 g/mol. The van der Waals surface area contributed by atoms with Crippen molar-refractivity contribution in [2.24, 2.45) is 0 Å². The molecule has 1 aliphatic rings. The Bertz CT molecular complexity index is 1110. The molecule has 0 N–H and O–H groups in total. The molecule has 0 saturated heterocycles.